The summed E-state index contributed by atoms with van der Waals surface area (Å²) in [6, 6.07) is 5.73. The lowest BCUT2D eigenvalue weighted by atomic mass is 10.3. The Labute approximate surface area is 127 Å². The van der Waals surface area contributed by atoms with Crippen molar-refractivity contribution in [1.29, 1.82) is 0 Å². The first-order chi connectivity index (χ1) is 10.6. The zero-order chi connectivity index (χ0) is 15.9. The molecule has 118 valence electrons. The van der Waals surface area contributed by atoms with Crippen LogP contribution in [0.25, 0.3) is 0 Å². The minimum atomic E-state index is -0.388. The van der Waals surface area contributed by atoms with Crippen molar-refractivity contribution in [3.63, 3.8) is 0 Å². The Morgan fingerprint density at radius 2 is 2.00 bits per heavy atom. The molecule has 0 spiro atoms. The number of ether oxygens (including phenoxy) is 1. The first kappa shape index (κ1) is 15.9. The van der Waals surface area contributed by atoms with Crippen LogP contribution in [0.15, 0.2) is 24.3 Å². The molecule has 22 heavy (non-hydrogen) atoms. The van der Waals surface area contributed by atoms with Crippen LogP contribution in [0.2, 0.25) is 0 Å². The predicted molar refractivity (Wildman–Crippen MR) is 75.5 cm³/mol. The Morgan fingerprint density at radius 1 is 1.27 bits per heavy atom. The van der Waals surface area contributed by atoms with Crippen LogP contribution in [-0.4, -0.2) is 42.3 Å². The van der Waals surface area contributed by atoms with Gasteiger partial charge in [0.25, 0.3) is 0 Å². The molecule has 7 heteroatoms. The van der Waals surface area contributed by atoms with E-state index in [0.717, 1.165) is 4.90 Å². The van der Waals surface area contributed by atoms with Crippen LogP contribution in [0, 0.1) is 5.82 Å². The van der Waals surface area contributed by atoms with Gasteiger partial charge < -0.3 is 10.1 Å². The topological polar surface area (TPSA) is 75.7 Å². The summed E-state index contributed by atoms with van der Waals surface area (Å²) >= 11 is 0. The fourth-order valence-corrected chi connectivity index (χ4v) is 2.09. The summed E-state index contributed by atoms with van der Waals surface area (Å²) < 4.78 is 18.2. The highest BCUT2D eigenvalue weighted by Gasteiger charge is 2.28. The van der Waals surface area contributed by atoms with E-state index in [-0.39, 0.29) is 62.5 Å². The molecule has 1 saturated heterocycles. The maximum Gasteiger partial charge on any atom is 0.229 e. The Morgan fingerprint density at radius 3 is 2.68 bits per heavy atom. The van der Waals surface area contributed by atoms with E-state index < -0.39 is 0 Å². The largest absolute Gasteiger partial charge is 0.492 e. The maximum absolute atomic E-state index is 12.9. The third-order valence-electron chi connectivity index (χ3n) is 3.21. The van der Waals surface area contributed by atoms with Crippen LogP contribution < -0.4 is 10.1 Å². The van der Waals surface area contributed by atoms with E-state index >= 15 is 0 Å². The molecular formula is C15H17FN2O4. The van der Waals surface area contributed by atoms with Gasteiger partial charge in [-0.25, -0.2) is 4.39 Å². The molecular weight excluding hydrogens is 291 g/mol. The van der Waals surface area contributed by atoms with Crippen molar-refractivity contribution >= 4 is 17.7 Å². The molecule has 0 unspecified atom stereocenters. The number of nitrogens with one attached hydrogen (secondary N) is 1. The van der Waals surface area contributed by atoms with E-state index in [2.05, 4.69) is 5.32 Å². The second-order valence-electron chi connectivity index (χ2n) is 4.84. The zero-order valence-electron chi connectivity index (χ0n) is 12.0. The highest BCUT2D eigenvalue weighted by molar-refractivity contribution is 6.02. The number of hydrogen-bond acceptors (Lipinski definition) is 4. The van der Waals surface area contributed by atoms with Gasteiger partial charge in [-0.2, -0.15) is 0 Å². The summed E-state index contributed by atoms with van der Waals surface area (Å²) in [6.07, 6.45) is 0.515. The standard InChI is InChI=1S/C15H17FN2O4/c16-11-2-1-3-12(10-11)22-9-7-17-13(19)6-8-18-14(20)4-5-15(18)21/h1-3,10H,4-9H2,(H,17,19). The van der Waals surface area contributed by atoms with E-state index in [9.17, 15) is 18.8 Å². The normalized spacial score (nSPS) is 14.3. The van der Waals surface area contributed by atoms with Crippen LogP contribution in [0.1, 0.15) is 19.3 Å². The summed E-state index contributed by atoms with van der Waals surface area (Å²) in [6.45, 7) is 0.572. The summed E-state index contributed by atoms with van der Waals surface area (Å²) in [5.74, 6) is -0.723. The van der Waals surface area contributed by atoms with Crippen LogP contribution in [0.4, 0.5) is 4.39 Å². The van der Waals surface area contributed by atoms with Crippen LogP contribution in [0.3, 0.4) is 0 Å². The quantitative estimate of drug-likeness (QED) is 0.599. The zero-order valence-corrected chi connectivity index (χ0v) is 12.0. The summed E-state index contributed by atoms with van der Waals surface area (Å²) in [5, 5.41) is 2.61. The number of carbonyl (C=O) groups is 3. The molecule has 0 aliphatic carbocycles. The third-order valence-corrected chi connectivity index (χ3v) is 3.21. The third kappa shape index (κ3) is 4.54. The summed E-state index contributed by atoms with van der Waals surface area (Å²) in [7, 11) is 0. The number of carbonyl (C=O) groups excluding carboxylic acids is 3. The first-order valence-electron chi connectivity index (χ1n) is 7.04. The molecule has 3 amide bonds. The van der Waals surface area contributed by atoms with Gasteiger partial charge in [0.15, 0.2) is 0 Å². The number of rotatable bonds is 7. The van der Waals surface area contributed by atoms with Crippen LogP contribution >= 0.6 is 0 Å². The molecule has 1 aromatic carbocycles. The van der Waals surface area contributed by atoms with Gasteiger partial charge in [-0.05, 0) is 12.1 Å². The molecule has 1 fully saturated rings. The Hall–Kier alpha value is -2.44. The number of hydrogen-bond donors (Lipinski definition) is 1. The van der Waals surface area contributed by atoms with Gasteiger partial charge >= 0.3 is 0 Å². The molecule has 6 nitrogen and oxygen atoms in total. The highest BCUT2D eigenvalue weighted by Crippen LogP contribution is 2.12. The molecule has 1 N–H and O–H groups in total. The molecule has 0 saturated carbocycles. The van der Waals surface area contributed by atoms with Crippen molar-refractivity contribution in [2.75, 3.05) is 19.7 Å². The molecule has 1 aliphatic rings. The average molecular weight is 308 g/mol. The van der Waals surface area contributed by atoms with Crippen LogP contribution in [-0.2, 0) is 14.4 Å². The van der Waals surface area contributed by atoms with E-state index in [1.165, 1.54) is 18.2 Å². The first-order valence-corrected chi connectivity index (χ1v) is 7.04. The Balaban J connectivity index is 1.62. The van der Waals surface area contributed by atoms with E-state index in [1.807, 2.05) is 0 Å². The van der Waals surface area contributed by atoms with Crippen molar-refractivity contribution < 1.29 is 23.5 Å². The highest BCUT2D eigenvalue weighted by atomic mass is 19.1. The number of amides is 3. The van der Waals surface area contributed by atoms with Gasteiger partial charge in [0.05, 0.1) is 6.54 Å². The summed E-state index contributed by atoms with van der Waals surface area (Å²) in [4.78, 5) is 35.4. The second-order valence-corrected chi connectivity index (χ2v) is 4.84. The smallest absolute Gasteiger partial charge is 0.229 e. The van der Waals surface area contributed by atoms with Gasteiger partial charge in [0.2, 0.25) is 17.7 Å². The van der Waals surface area contributed by atoms with E-state index in [1.54, 1.807) is 6.07 Å². The lowest BCUT2D eigenvalue weighted by Gasteiger charge is -2.13. The molecule has 2 rings (SSSR count). The van der Waals surface area contributed by atoms with Gasteiger partial charge in [-0.15, -0.1) is 0 Å². The predicted octanol–water partition coefficient (Wildman–Crippen LogP) is 0.860. The number of likely N-dealkylation sites (tertiary alicyclic amines) is 1. The van der Waals surface area contributed by atoms with Gasteiger partial charge in [0.1, 0.15) is 18.2 Å². The molecule has 0 aromatic heterocycles. The monoisotopic (exact) mass is 308 g/mol. The fraction of sp³-hybridized carbons (Fsp3) is 0.400. The Bertz CT molecular complexity index is 560. The average Bonchev–Trinajstić information content (AvgIpc) is 2.80. The fourth-order valence-electron chi connectivity index (χ4n) is 2.09. The molecule has 1 aliphatic heterocycles. The van der Waals surface area contributed by atoms with E-state index in [4.69, 9.17) is 4.74 Å². The van der Waals surface area contributed by atoms with Crippen LogP contribution in [0.5, 0.6) is 5.75 Å². The van der Waals surface area contributed by atoms with Crippen molar-refractivity contribution in [2.24, 2.45) is 0 Å². The number of imide groups is 1. The second kappa shape index (κ2) is 7.53. The SMILES string of the molecule is O=C(CCN1C(=O)CCC1=O)NCCOc1cccc(F)c1. The lowest BCUT2D eigenvalue weighted by Crippen LogP contribution is -2.35. The molecule has 1 aromatic rings. The lowest BCUT2D eigenvalue weighted by molar-refractivity contribution is -0.138. The minimum Gasteiger partial charge on any atom is -0.492 e. The van der Waals surface area contributed by atoms with Crippen molar-refractivity contribution in [3.05, 3.63) is 30.1 Å². The maximum atomic E-state index is 12.9. The molecule has 0 bridgehead atoms. The molecule has 0 atom stereocenters. The number of halogens is 1. The molecule has 0 radical (unpaired) electrons. The summed E-state index contributed by atoms with van der Waals surface area (Å²) in [5.41, 5.74) is 0. The number of nitrogens with zero attached hydrogens (tertiary/aromatic N) is 1. The van der Waals surface area contributed by atoms with Crippen molar-refractivity contribution in [1.82, 2.24) is 10.2 Å². The van der Waals surface area contributed by atoms with E-state index in [0.29, 0.717) is 5.75 Å². The molecule has 1 heterocycles. The van der Waals surface area contributed by atoms with Gasteiger partial charge in [-0.3, -0.25) is 19.3 Å². The van der Waals surface area contributed by atoms with Crippen molar-refractivity contribution in [2.45, 2.75) is 19.3 Å². The van der Waals surface area contributed by atoms with Gasteiger partial charge in [-0.1, -0.05) is 6.07 Å². The number of benzene rings is 1. The van der Waals surface area contributed by atoms with Crippen molar-refractivity contribution in [3.8, 4) is 5.75 Å². The Kier molecular flexibility index (Phi) is 5.46. The van der Waals surface area contributed by atoms with Gasteiger partial charge in [0, 0.05) is 31.9 Å². The minimum absolute atomic E-state index is 0.0669.